The van der Waals surface area contributed by atoms with Crippen molar-refractivity contribution in [3.8, 4) is 17.2 Å². The van der Waals surface area contributed by atoms with E-state index in [0.29, 0.717) is 24.7 Å². The molecule has 30 heavy (non-hydrogen) atoms. The molecule has 3 aromatic carbocycles. The van der Waals surface area contributed by atoms with E-state index in [-0.39, 0.29) is 5.91 Å². The maximum atomic E-state index is 12.5. The number of anilines is 1. The second-order valence-corrected chi connectivity index (χ2v) is 7.00. The molecule has 5 heteroatoms. The fourth-order valence-corrected chi connectivity index (χ4v) is 2.93. The first-order chi connectivity index (χ1) is 14.5. The van der Waals surface area contributed by atoms with Crippen LogP contribution in [0, 0.1) is 13.8 Å². The van der Waals surface area contributed by atoms with Gasteiger partial charge in [-0.1, -0.05) is 36.4 Å². The maximum Gasteiger partial charge on any atom is 0.265 e. The van der Waals surface area contributed by atoms with Crippen LogP contribution in [0.5, 0.6) is 17.2 Å². The molecule has 0 aromatic heterocycles. The Morgan fingerprint density at radius 3 is 1.97 bits per heavy atom. The lowest BCUT2D eigenvalue weighted by atomic mass is 10.1. The number of aryl methyl sites for hydroxylation is 2. The van der Waals surface area contributed by atoms with Gasteiger partial charge in [0, 0.05) is 5.69 Å². The molecule has 0 heterocycles. The summed E-state index contributed by atoms with van der Waals surface area (Å²) >= 11 is 0. The van der Waals surface area contributed by atoms with Gasteiger partial charge in [0.05, 0.1) is 0 Å². The molecule has 1 atom stereocenters. The van der Waals surface area contributed by atoms with Gasteiger partial charge in [0.15, 0.2) is 6.10 Å². The minimum absolute atomic E-state index is 0.206. The summed E-state index contributed by atoms with van der Waals surface area (Å²) in [6.45, 7) is 6.56. The van der Waals surface area contributed by atoms with Crippen LogP contribution in [0.4, 0.5) is 5.69 Å². The van der Waals surface area contributed by atoms with E-state index in [1.165, 1.54) is 0 Å². The molecule has 1 N–H and O–H groups in total. The van der Waals surface area contributed by atoms with E-state index in [9.17, 15) is 4.79 Å². The van der Waals surface area contributed by atoms with Gasteiger partial charge in [-0.05, 0) is 68.3 Å². The number of nitrogens with one attached hydrogen (secondary N) is 1. The third-order valence-corrected chi connectivity index (χ3v) is 4.56. The second-order valence-electron chi connectivity index (χ2n) is 7.00. The Morgan fingerprint density at radius 2 is 1.37 bits per heavy atom. The minimum Gasteiger partial charge on any atom is -0.490 e. The number of benzene rings is 3. The Balaban J connectivity index is 1.45. The van der Waals surface area contributed by atoms with E-state index in [1.54, 1.807) is 19.1 Å². The standard InChI is InChI=1S/C25H27NO4/c1-18-8-7-9-19(2)24(18)30-20(3)25(27)26-21-12-14-23(15-13-21)29-17-16-28-22-10-5-4-6-11-22/h4-15,20H,16-17H2,1-3H3,(H,26,27). The Kier molecular flexibility index (Phi) is 7.33. The van der Waals surface area contributed by atoms with Crippen molar-refractivity contribution in [3.63, 3.8) is 0 Å². The lowest BCUT2D eigenvalue weighted by Gasteiger charge is -2.18. The molecule has 156 valence electrons. The first-order valence-electron chi connectivity index (χ1n) is 9.97. The van der Waals surface area contributed by atoms with Crippen LogP contribution in [0.3, 0.4) is 0 Å². The molecule has 0 aliphatic rings. The van der Waals surface area contributed by atoms with Crippen LogP contribution in [0.15, 0.2) is 72.8 Å². The molecule has 1 amide bonds. The third kappa shape index (κ3) is 6.01. The van der Waals surface area contributed by atoms with Crippen molar-refractivity contribution in [3.05, 3.63) is 83.9 Å². The highest BCUT2D eigenvalue weighted by molar-refractivity contribution is 5.94. The van der Waals surface area contributed by atoms with E-state index in [4.69, 9.17) is 14.2 Å². The first kappa shape index (κ1) is 21.2. The summed E-state index contributed by atoms with van der Waals surface area (Å²) in [5, 5.41) is 2.87. The minimum atomic E-state index is -0.615. The number of ether oxygens (including phenoxy) is 3. The number of carbonyl (C=O) groups excluding carboxylic acids is 1. The van der Waals surface area contributed by atoms with Crippen molar-refractivity contribution in [2.24, 2.45) is 0 Å². The van der Waals surface area contributed by atoms with Crippen LogP contribution in [-0.4, -0.2) is 25.2 Å². The zero-order valence-corrected chi connectivity index (χ0v) is 17.6. The summed E-state index contributed by atoms with van der Waals surface area (Å²) in [4.78, 5) is 12.5. The van der Waals surface area contributed by atoms with Gasteiger partial charge in [0.1, 0.15) is 30.5 Å². The van der Waals surface area contributed by atoms with Crippen LogP contribution in [-0.2, 0) is 4.79 Å². The Hall–Kier alpha value is -3.47. The number of hydrogen-bond donors (Lipinski definition) is 1. The van der Waals surface area contributed by atoms with E-state index < -0.39 is 6.10 Å². The van der Waals surface area contributed by atoms with Crippen LogP contribution in [0.1, 0.15) is 18.1 Å². The predicted molar refractivity (Wildman–Crippen MR) is 119 cm³/mol. The quantitative estimate of drug-likeness (QED) is 0.499. The smallest absolute Gasteiger partial charge is 0.265 e. The second kappa shape index (κ2) is 10.3. The van der Waals surface area contributed by atoms with Gasteiger partial charge in [0.25, 0.3) is 5.91 Å². The molecule has 3 aromatic rings. The molecule has 0 bridgehead atoms. The summed E-state index contributed by atoms with van der Waals surface area (Å²) in [6, 6.07) is 22.8. The normalized spacial score (nSPS) is 11.4. The highest BCUT2D eigenvalue weighted by Crippen LogP contribution is 2.24. The van der Waals surface area contributed by atoms with Gasteiger partial charge >= 0.3 is 0 Å². The summed E-state index contributed by atoms with van der Waals surface area (Å²) in [6.07, 6.45) is -0.615. The zero-order valence-electron chi connectivity index (χ0n) is 17.6. The van der Waals surface area contributed by atoms with E-state index in [2.05, 4.69) is 5.32 Å². The van der Waals surface area contributed by atoms with Gasteiger partial charge < -0.3 is 19.5 Å². The van der Waals surface area contributed by atoms with Crippen LogP contribution >= 0.6 is 0 Å². The fraction of sp³-hybridized carbons (Fsp3) is 0.240. The summed E-state index contributed by atoms with van der Waals surface area (Å²) in [5.41, 5.74) is 2.70. The largest absolute Gasteiger partial charge is 0.490 e. The van der Waals surface area contributed by atoms with Crippen LogP contribution in [0.25, 0.3) is 0 Å². The highest BCUT2D eigenvalue weighted by atomic mass is 16.5. The monoisotopic (exact) mass is 405 g/mol. The molecule has 0 spiro atoms. The van der Waals surface area contributed by atoms with E-state index in [1.807, 2.05) is 74.5 Å². The first-order valence-corrected chi connectivity index (χ1v) is 9.97. The van der Waals surface area contributed by atoms with Crippen molar-refractivity contribution in [1.82, 2.24) is 0 Å². The Morgan fingerprint density at radius 1 is 0.800 bits per heavy atom. The van der Waals surface area contributed by atoms with Crippen molar-refractivity contribution in [2.75, 3.05) is 18.5 Å². The lowest BCUT2D eigenvalue weighted by Crippen LogP contribution is -2.30. The number of amides is 1. The molecule has 0 saturated heterocycles. The molecule has 0 radical (unpaired) electrons. The number of hydrogen-bond acceptors (Lipinski definition) is 4. The summed E-state index contributed by atoms with van der Waals surface area (Å²) in [7, 11) is 0. The van der Waals surface area contributed by atoms with Gasteiger partial charge in [-0.3, -0.25) is 4.79 Å². The van der Waals surface area contributed by atoms with Gasteiger partial charge in [-0.25, -0.2) is 0 Å². The lowest BCUT2D eigenvalue weighted by molar-refractivity contribution is -0.122. The van der Waals surface area contributed by atoms with E-state index >= 15 is 0 Å². The summed E-state index contributed by atoms with van der Waals surface area (Å²) in [5.74, 6) is 2.07. The van der Waals surface area contributed by atoms with Crippen molar-refractivity contribution < 1.29 is 19.0 Å². The van der Waals surface area contributed by atoms with Crippen molar-refractivity contribution in [2.45, 2.75) is 26.9 Å². The predicted octanol–water partition coefficient (Wildman–Crippen LogP) is 5.17. The molecule has 3 rings (SSSR count). The van der Waals surface area contributed by atoms with Gasteiger partial charge in [-0.2, -0.15) is 0 Å². The molecule has 0 aliphatic carbocycles. The molecule has 0 aliphatic heterocycles. The number of carbonyl (C=O) groups is 1. The van der Waals surface area contributed by atoms with Gasteiger partial charge in [0.2, 0.25) is 0 Å². The van der Waals surface area contributed by atoms with Crippen molar-refractivity contribution in [1.29, 1.82) is 0 Å². The Bertz CT molecular complexity index is 934. The molecular weight excluding hydrogens is 378 g/mol. The van der Waals surface area contributed by atoms with E-state index in [0.717, 1.165) is 22.6 Å². The average Bonchev–Trinajstić information content (AvgIpc) is 2.75. The Labute approximate surface area is 177 Å². The van der Waals surface area contributed by atoms with Crippen molar-refractivity contribution >= 4 is 11.6 Å². The zero-order chi connectivity index (χ0) is 21.3. The summed E-state index contributed by atoms with van der Waals surface area (Å²) < 4.78 is 17.2. The fourth-order valence-electron chi connectivity index (χ4n) is 2.93. The van der Waals surface area contributed by atoms with Crippen LogP contribution < -0.4 is 19.5 Å². The topological polar surface area (TPSA) is 56.8 Å². The van der Waals surface area contributed by atoms with Gasteiger partial charge in [-0.15, -0.1) is 0 Å². The molecule has 1 unspecified atom stereocenters. The molecule has 5 nitrogen and oxygen atoms in total. The number of para-hydroxylation sites is 2. The number of rotatable bonds is 9. The third-order valence-electron chi connectivity index (χ3n) is 4.56. The highest BCUT2D eigenvalue weighted by Gasteiger charge is 2.17. The van der Waals surface area contributed by atoms with Crippen LogP contribution in [0.2, 0.25) is 0 Å². The maximum absolute atomic E-state index is 12.5. The SMILES string of the molecule is Cc1cccc(C)c1OC(C)C(=O)Nc1ccc(OCCOc2ccccc2)cc1. The molecular formula is C25H27NO4. The molecule has 0 saturated carbocycles. The average molecular weight is 405 g/mol. The molecule has 0 fully saturated rings.